The van der Waals surface area contributed by atoms with Crippen LogP contribution < -0.4 is 16.6 Å². The number of nitrogens with zero attached hydrogens (tertiary/aromatic N) is 4. The summed E-state index contributed by atoms with van der Waals surface area (Å²) in [4.78, 5) is 40.0. The van der Waals surface area contributed by atoms with Gasteiger partial charge in [0.25, 0.3) is 5.56 Å². The van der Waals surface area contributed by atoms with Crippen molar-refractivity contribution in [3.63, 3.8) is 0 Å². The summed E-state index contributed by atoms with van der Waals surface area (Å²) >= 11 is 5.95. The van der Waals surface area contributed by atoms with Crippen LogP contribution in [0.4, 0.5) is 11.6 Å². The molecular formula is C15H14ClN5O4. The summed E-state index contributed by atoms with van der Waals surface area (Å²) < 4.78 is 3.32. The number of carbonyl (C=O) groups is 1. The van der Waals surface area contributed by atoms with Crippen molar-refractivity contribution in [1.29, 1.82) is 0 Å². The molecule has 130 valence electrons. The number of aryl methyl sites for hydroxylation is 1. The van der Waals surface area contributed by atoms with Crippen LogP contribution >= 0.6 is 11.6 Å². The van der Waals surface area contributed by atoms with E-state index < -0.39 is 23.8 Å². The van der Waals surface area contributed by atoms with Gasteiger partial charge in [-0.1, -0.05) is 17.7 Å². The van der Waals surface area contributed by atoms with Crippen LogP contribution in [0.1, 0.15) is 0 Å². The number of nitrogens with one attached hydrogen (secondary N) is 1. The van der Waals surface area contributed by atoms with Gasteiger partial charge in [0.1, 0.15) is 6.54 Å². The summed E-state index contributed by atoms with van der Waals surface area (Å²) in [6, 6.07) is 6.74. The van der Waals surface area contributed by atoms with Crippen molar-refractivity contribution in [2.24, 2.45) is 14.1 Å². The normalized spacial score (nSPS) is 11.0. The fourth-order valence-electron chi connectivity index (χ4n) is 2.53. The fraction of sp³-hybridized carbons (Fsp3) is 0.200. The third-order valence-corrected chi connectivity index (χ3v) is 3.96. The average Bonchev–Trinajstić information content (AvgIpc) is 2.89. The minimum Gasteiger partial charge on any atom is -0.480 e. The number of anilines is 2. The van der Waals surface area contributed by atoms with Gasteiger partial charge in [-0.2, -0.15) is 4.98 Å². The molecule has 0 aliphatic carbocycles. The Labute approximate surface area is 145 Å². The highest BCUT2D eigenvalue weighted by atomic mass is 35.5. The summed E-state index contributed by atoms with van der Waals surface area (Å²) in [5.41, 5.74) is -0.482. The highest BCUT2D eigenvalue weighted by Crippen LogP contribution is 2.22. The number of aliphatic carboxylic acids is 1. The zero-order chi connectivity index (χ0) is 18.3. The van der Waals surface area contributed by atoms with Crippen molar-refractivity contribution in [2.75, 3.05) is 5.32 Å². The molecule has 9 nitrogen and oxygen atoms in total. The average molecular weight is 364 g/mol. The quantitative estimate of drug-likeness (QED) is 0.713. The molecule has 0 atom stereocenters. The summed E-state index contributed by atoms with van der Waals surface area (Å²) in [5, 5.41) is 12.6. The first-order chi connectivity index (χ1) is 11.8. The first-order valence-electron chi connectivity index (χ1n) is 7.20. The van der Waals surface area contributed by atoms with Crippen LogP contribution in [0, 0.1) is 0 Å². The maximum atomic E-state index is 12.5. The van der Waals surface area contributed by atoms with Crippen LogP contribution in [0.3, 0.4) is 0 Å². The number of carboxylic acid groups (broad SMARTS) is 1. The van der Waals surface area contributed by atoms with Gasteiger partial charge in [-0.25, -0.2) is 4.79 Å². The van der Waals surface area contributed by atoms with E-state index >= 15 is 0 Å². The lowest BCUT2D eigenvalue weighted by Gasteiger charge is -2.09. The molecule has 3 aromatic rings. The number of aromatic nitrogens is 4. The van der Waals surface area contributed by atoms with Gasteiger partial charge in [0.2, 0.25) is 5.95 Å². The molecule has 0 amide bonds. The maximum Gasteiger partial charge on any atom is 0.332 e. The van der Waals surface area contributed by atoms with Gasteiger partial charge in [-0.3, -0.25) is 23.3 Å². The lowest BCUT2D eigenvalue weighted by Crippen LogP contribution is -2.37. The van der Waals surface area contributed by atoms with Crippen LogP contribution in [0.25, 0.3) is 11.2 Å². The highest BCUT2D eigenvalue weighted by Gasteiger charge is 2.20. The number of benzene rings is 1. The zero-order valence-corrected chi connectivity index (χ0v) is 14.1. The maximum absolute atomic E-state index is 12.5. The number of imidazole rings is 1. The number of hydrogen-bond acceptors (Lipinski definition) is 5. The number of rotatable bonds is 4. The first-order valence-corrected chi connectivity index (χ1v) is 7.58. The van der Waals surface area contributed by atoms with E-state index in [1.54, 1.807) is 24.3 Å². The van der Waals surface area contributed by atoms with Crippen molar-refractivity contribution in [2.45, 2.75) is 6.54 Å². The van der Waals surface area contributed by atoms with E-state index in [1.807, 2.05) is 0 Å². The second-order valence-electron chi connectivity index (χ2n) is 5.43. The third kappa shape index (κ3) is 2.89. The standard InChI is InChI=1S/C15H14ClN5O4/c1-19-12-11(13(24)20(2)15(19)25)21(7-10(22)23)14(18-12)17-9-5-3-4-8(16)6-9/h3-6H,7H2,1-2H3,(H,17,18)(H,22,23). The zero-order valence-electron chi connectivity index (χ0n) is 13.4. The minimum absolute atomic E-state index is 0.0246. The van der Waals surface area contributed by atoms with Crippen molar-refractivity contribution >= 4 is 40.4 Å². The van der Waals surface area contributed by atoms with Crippen LogP contribution in [0.5, 0.6) is 0 Å². The molecule has 0 saturated carbocycles. The van der Waals surface area contributed by atoms with Crippen LogP contribution in [-0.2, 0) is 25.4 Å². The van der Waals surface area contributed by atoms with Crippen molar-refractivity contribution in [1.82, 2.24) is 18.7 Å². The number of hydrogen-bond donors (Lipinski definition) is 2. The molecule has 1 aromatic carbocycles. The third-order valence-electron chi connectivity index (χ3n) is 3.72. The largest absolute Gasteiger partial charge is 0.480 e. The van der Waals surface area contributed by atoms with Crippen LogP contribution in [0.15, 0.2) is 33.9 Å². The molecule has 0 aliphatic rings. The van der Waals surface area contributed by atoms with E-state index in [0.29, 0.717) is 10.7 Å². The van der Waals surface area contributed by atoms with E-state index in [0.717, 1.165) is 4.57 Å². The van der Waals surface area contributed by atoms with Gasteiger partial charge in [0.05, 0.1) is 0 Å². The minimum atomic E-state index is -1.15. The van der Waals surface area contributed by atoms with E-state index in [-0.39, 0.29) is 17.1 Å². The lowest BCUT2D eigenvalue weighted by atomic mass is 10.3. The molecule has 0 spiro atoms. The van der Waals surface area contributed by atoms with Gasteiger partial charge < -0.3 is 10.4 Å². The Morgan fingerprint density at radius 1 is 1.28 bits per heavy atom. The molecule has 2 aromatic heterocycles. The topological polar surface area (TPSA) is 111 Å². The SMILES string of the molecule is Cn1c(=O)c2c(nc(Nc3cccc(Cl)c3)n2CC(=O)O)n(C)c1=O. The van der Waals surface area contributed by atoms with Gasteiger partial charge in [-0.15, -0.1) is 0 Å². The van der Waals surface area contributed by atoms with E-state index in [2.05, 4.69) is 10.3 Å². The predicted molar refractivity (Wildman–Crippen MR) is 92.6 cm³/mol. The monoisotopic (exact) mass is 363 g/mol. The van der Waals surface area contributed by atoms with Crippen LogP contribution in [0.2, 0.25) is 5.02 Å². The second-order valence-corrected chi connectivity index (χ2v) is 5.87. The molecule has 2 N–H and O–H groups in total. The molecule has 0 saturated heterocycles. The Kier molecular flexibility index (Phi) is 4.09. The molecule has 0 radical (unpaired) electrons. The summed E-state index contributed by atoms with van der Waals surface area (Å²) in [7, 11) is 2.79. The van der Waals surface area contributed by atoms with Crippen molar-refractivity contribution in [3.8, 4) is 0 Å². The van der Waals surface area contributed by atoms with E-state index in [1.165, 1.54) is 23.2 Å². The van der Waals surface area contributed by atoms with E-state index in [4.69, 9.17) is 11.6 Å². The van der Waals surface area contributed by atoms with E-state index in [9.17, 15) is 19.5 Å². The number of fused-ring (bicyclic) bond motifs is 1. The molecule has 0 bridgehead atoms. The number of halogens is 1. The van der Waals surface area contributed by atoms with Crippen LogP contribution in [-0.4, -0.2) is 29.8 Å². The number of carboxylic acids is 1. The molecule has 0 fully saturated rings. The van der Waals surface area contributed by atoms with Crippen molar-refractivity contribution < 1.29 is 9.90 Å². The Balaban J connectivity index is 2.29. The summed E-state index contributed by atoms with van der Waals surface area (Å²) in [6.07, 6.45) is 0. The fourth-order valence-corrected chi connectivity index (χ4v) is 2.72. The molecule has 0 aliphatic heterocycles. The van der Waals surface area contributed by atoms with Gasteiger partial charge in [0.15, 0.2) is 11.2 Å². The molecule has 2 heterocycles. The Morgan fingerprint density at radius 3 is 2.64 bits per heavy atom. The highest BCUT2D eigenvalue weighted by molar-refractivity contribution is 6.30. The summed E-state index contributed by atoms with van der Waals surface area (Å²) in [5.74, 6) is -1.03. The second kappa shape index (κ2) is 6.10. The molecule has 10 heteroatoms. The van der Waals surface area contributed by atoms with Crippen molar-refractivity contribution in [3.05, 3.63) is 50.1 Å². The molecule has 25 heavy (non-hydrogen) atoms. The Hall–Kier alpha value is -3.07. The Morgan fingerprint density at radius 2 is 2.00 bits per heavy atom. The van der Waals surface area contributed by atoms with Gasteiger partial charge >= 0.3 is 11.7 Å². The lowest BCUT2D eigenvalue weighted by molar-refractivity contribution is -0.137. The Bertz CT molecular complexity index is 1110. The van der Waals surface area contributed by atoms with Gasteiger partial charge in [0, 0.05) is 24.8 Å². The smallest absolute Gasteiger partial charge is 0.332 e. The molecule has 3 rings (SSSR count). The molecule has 0 unspecified atom stereocenters. The summed E-state index contributed by atoms with van der Waals surface area (Å²) in [6.45, 7) is -0.493. The first kappa shape index (κ1) is 16.8. The predicted octanol–water partition coefficient (Wildman–Crippen LogP) is 0.915. The van der Waals surface area contributed by atoms with Gasteiger partial charge in [-0.05, 0) is 18.2 Å². The molecular weight excluding hydrogens is 350 g/mol.